The number of hydrogen-bond acceptors (Lipinski definition) is 2. The Balaban J connectivity index is 1.91. The second-order valence-corrected chi connectivity index (χ2v) is 5.45. The predicted molar refractivity (Wildman–Crippen MR) is 69.4 cm³/mol. The van der Waals surface area contributed by atoms with Gasteiger partial charge < -0.3 is 5.11 Å². The summed E-state index contributed by atoms with van der Waals surface area (Å²) in [5.41, 5.74) is 1.77. The molecule has 2 atom stereocenters. The molecule has 2 unspecified atom stereocenters. The average Bonchev–Trinajstić information content (AvgIpc) is 2.84. The average molecular weight is 263 g/mol. The van der Waals surface area contributed by atoms with E-state index in [4.69, 9.17) is 0 Å². The zero-order chi connectivity index (χ0) is 13.4. The fourth-order valence-corrected chi connectivity index (χ4v) is 3.52. The van der Waals surface area contributed by atoms with E-state index in [1.54, 1.807) is 6.07 Å². The Morgan fingerprint density at radius 1 is 1.32 bits per heavy atom. The van der Waals surface area contributed by atoms with Crippen LogP contribution in [0, 0.1) is 5.82 Å². The van der Waals surface area contributed by atoms with Crippen molar-refractivity contribution in [2.75, 3.05) is 6.54 Å². The molecular formula is C15H18FNO2. The van der Waals surface area contributed by atoms with Crippen molar-refractivity contribution in [3.8, 4) is 0 Å². The predicted octanol–water partition coefficient (Wildman–Crippen LogP) is 2.75. The number of carboxylic acids is 1. The quantitative estimate of drug-likeness (QED) is 0.892. The van der Waals surface area contributed by atoms with Gasteiger partial charge in [-0.2, -0.15) is 0 Å². The van der Waals surface area contributed by atoms with Crippen LogP contribution in [0.4, 0.5) is 4.39 Å². The zero-order valence-corrected chi connectivity index (χ0v) is 10.8. The summed E-state index contributed by atoms with van der Waals surface area (Å²) in [6.07, 6.45) is 4.26. The number of carbonyl (C=O) groups is 1. The second-order valence-electron chi connectivity index (χ2n) is 5.45. The number of aliphatic carboxylic acids is 1. The summed E-state index contributed by atoms with van der Waals surface area (Å²) in [5, 5.41) is 9.36. The van der Waals surface area contributed by atoms with Gasteiger partial charge >= 0.3 is 5.97 Å². The van der Waals surface area contributed by atoms with E-state index in [-0.39, 0.29) is 11.9 Å². The maximum absolute atomic E-state index is 13.8. The molecule has 1 fully saturated rings. The molecule has 3 rings (SSSR count). The summed E-state index contributed by atoms with van der Waals surface area (Å²) in [6.45, 7) is 0.803. The summed E-state index contributed by atoms with van der Waals surface area (Å²) in [5.74, 6) is -0.895. The van der Waals surface area contributed by atoms with Crippen LogP contribution in [-0.4, -0.2) is 28.6 Å². The molecule has 3 nitrogen and oxygen atoms in total. The van der Waals surface area contributed by atoms with Crippen molar-refractivity contribution in [2.24, 2.45) is 0 Å². The van der Waals surface area contributed by atoms with E-state index in [2.05, 4.69) is 4.90 Å². The molecule has 4 heteroatoms. The Morgan fingerprint density at radius 3 is 2.95 bits per heavy atom. The van der Waals surface area contributed by atoms with E-state index >= 15 is 0 Å². The van der Waals surface area contributed by atoms with Gasteiger partial charge in [-0.15, -0.1) is 0 Å². The lowest BCUT2D eigenvalue weighted by molar-refractivity contribution is -0.145. The van der Waals surface area contributed by atoms with E-state index in [0.717, 1.165) is 43.4 Å². The number of rotatable bonds is 2. The molecule has 102 valence electrons. The molecule has 1 aromatic rings. The summed E-state index contributed by atoms with van der Waals surface area (Å²) >= 11 is 0. The topological polar surface area (TPSA) is 40.5 Å². The van der Waals surface area contributed by atoms with Crippen molar-refractivity contribution < 1.29 is 14.3 Å². The van der Waals surface area contributed by atoms with Gasteiger partial charge in [-0.3, -0.25) is 9.69 Å². The Morgan fingerprint density at radius 2 is 2.16 bits per heavy atom. The number of nitrogens with zero attached hydrogens (tertiary/aromatic N) is 1. The number of fused-ring (bicyclic) bond motifs is 1. The highest BCUT2D eigenvalue weighted by molar-refractivity contribution is 5.73. The largest absolute Gasteiger partial charge is 0.480 e. The fourth-order valence-electron chi connectivity index (χ4n) is 3.52. The molecule has 19 heavy (non-hydrogen) atoms. The molecule has 0 amide bonds. The Labute approximate surface area is 112 Å². The molecule has 1 saturated heterocycles. The Kier molecular flexibility index (Phi) is 3.27. The van der Waals surface area contributed by atoms with Gasteiger partial charge in [0.15, 0.2) is 0 Å². The van der Waals surface area contributed by atoms with Gasteiger partial charge in [0.2, 0.25) is 0 Å². The van der Waals surface area contributed by atoms with E-state index < -0.39 is 12.0 Å². The van der Waals surface area contributed by atoms with Crippen molar-refractivity contribution >= 4 is 5.97 Å². The highest BCUT2D eigenvalue weighted by Crippen LogP contribution is 2.39. The minimum atomic E-state index is -0.746. The first-order chi connectivity index (χ1) is 9.18. The lowest BCUT2D eigenvalue weighted by Gasteiger charge is -2.37. The van der Waals surface area contributed by atoms with Crippen LogP contribution < -0.4 is 0 Å². The summed E-state index contributed by atoms with van der Waals surface area (Å²) in [7, 11) is 0. The molecular weight excluding hydrogens is 245 g/mol. The SMILES string of the molecule is O=C(O)C1CCCCN1C1CCc2c(F)cccc21. The third-order valence-electron chi connectivity index (χ3n) is 4.41. The number of benzene rings is 1. The van der Waals surface area contributed by atoms with Crippen LogP contribution in [0.25, 0.3) is 0 Å². The molecule has 1 aromatic carbocycles. The Bertz CT molecular complexity index is 503. The number of piperidine rings is 1. The fraction of sp³-hybridized carbons (Fsp3) is 0.533. The number of likely N-dealkylation sites (tertiary alicyclic amines) is 1. The minimum absolute atomic E-state index is 0.0760. The van der Waals surface area contributed by atoms with Crippen molar-refractivity contribution in [3.05, 3.63) is 35.1 Å². The Hall–Kier alpha value is -1.42. The number of halogens is 1. The van der Waals surface area contributed by atoms with Crippen LogP contribution in [0.3, 0.4) is 0 Å². The monoisotopic (exact) mass is 263 g/mol. The molecule has 1 heterocycles. The standard InChI is InChI=1S/C15H18FNO2/c16-12-5-3-4-11-10(12)7-8-13(11)17-9-2-1-6-14(17)15(18)19/h3-5,13-14H,1-2,6-9H2,(H,18,19). The minimum Gasteiger partial charge on any atom is -0.480 e. The van der Waals surface area contributed by atoms with Gasteiger partial charge in [-0.25, -0.2) is 4.39 Å². The lowest BCUT2D eigenvalue weighted by atomic mass is 9.97. The zero-order valence-electron chi connectivity index (χ0n) is 10.8. The van der Waals surface area contributed by atoms with Crippen molar-refractivity contribution in [2.45, 2.75) is 44.2 Å². The molecule has 0 radical (unpaired) electrons. The molecule has 1 N–H and O–H groups in total. The third kappa shape index (κ3) is 2.14. The van der Waals surface area contributed by atoms with E-state index in [1.807, 2.05) is 6.07 Å². The molecule has 1 aliphatic heterocycles. The van der Waals surface area contributed by atoms with Gasteiger partial charge in [0, 0.05) is 6.04 Å². The van der Waals surface area contributed by atoms with E-state index in [0.29, 0.717) is 6.42 Å². The van der Waals surface area contributed by atoms with Gasteiger partial charge in [0.25, 0.3) is 0 Å². The van der Waals surface area contributed by atoms with Crippen LogP contribution >= 0.6 is 0 Å². The maximum Gasteiger partial charge on any atom is 0.320 e. The third-order valence-corrected chi connectivity index (χ3v) is 4.41. The van der Waals surface area contributed by atoms with Crippen molar-refractivity contribution in [3.63, 3.8) is 0 Å². The van der Waals surface area contributed by atoms with Gasteiger partial charge in [0.1, 0.15) is 11.9 Å². The normalized spacial score (nSPS) is 27.2. The molecule has 0 bridgehead atoms. The van der Waals surface area contributed by atoms with E-state index in [1.165, 1.54) is 6.07 Å². The highest BCUT2D eigenvalue weighted by Gasteiger charge is 2.37. The van der Waals surface area contributed by atoms with E-state index in [9.17, 15) is 14.3 Å². The second kappa shape index (κ2) is 4.93. The maximum atomic E-state index is 13.8. The van der Waals surface area contributed by atoms with Crippen LogP contribution in [-0.2, 0) is 11.2 Å². The molecule has 2 aliphatic rings. The first kappa shape index (κ1) is 12.6. The van der Waals surface area contributed by atoms with Gasteiger partial charge in [-0.1, -0.05) is 18.6 Å². The van der Waals surface area contributed by atoms with Crippen LogP contribution in [0.15, 0.2) is 18.2 Å². The summed E-state index contributed by atoms with van der Waals surface area (Å²) in [6, 6.07) is 4.84. The summed E-state index contributed by atoms with van der Waals surface area (Å²) < 4.78 is 13.8. The molecule has 0 aromatic heterocycles. The number of carboxylic acid groups (broad SMARTS) is 1. The first-order valence-corrected chi connectivity index (χ1v) is 6.94. The first-order valence-electron chi connectivity index (χ1n) is 6.94. The smallest absolute Gasteiger partial charge is 0.320 e. The van der Waals surface area contributed by atoms with Crippen molar-refractivity contribution in [1.29, 1.82) is 0 Å². The van der Waals surface area contributed by atoms with Crippen LogP contribution in [0.2, 0.25) is 0 Å². The van der Waals surface area contributed by atoms with Gasteiger partial charge in [-0.05, 0) is 49.4 Å². The molecule has 0 saturated carbocycles. The highest BCUT2D eigenvalue weighted by atomic mass is 19.1. The lowest BCUT2D eigenvalue weighted by Crippen LogP contribution is -2.46. The van der Waals surface area contributed by atoms with Crippen LogP contribution in [0.1, 0.15) is 42.9 Å². The summed E-state index contributed by atoms with van der Waals surface area (Å²) in [4.78, 5) is 13.5. The molecule has 0 spiro atoms. The van der Waals surface area contributed by atoms with Gasteiger partial charge in [0.05, 0.1) is 0 Å². The van der Waals surface area contributed by atoms with Crippen LogP contribution in [0.5, 0.6) is 0 Å². The molecule has 1 aliphatic carbocycles. The number of hydrogen-bond donors (Lipinski definition) is 1. The van der Waals surface area contributed by atoms with Crippen molar-refractivity contribution in [1.82, 2.24) is 4.90 Å².